The molecule has 0 fully saturated rings. The summed E-state index contributed by atoms with van der Waals surface area (Å²) in [4.78, 5) is 24.2. The Bertz CT molecular complexity index is 485. The zero-order valence-electron chi connectivity index (χ0n) is 13.3. The minimum atomic E-state index is -0.648. The smallest absolute Gasteiger partial charge is 0.251 e. The van der Waals surface area contributed by atoms with Crippen LogP contribution in [0.4, 0.5) is 0 Å². The largest absolute Gasteiger partial charge is 0.494 e. The predicted molar refractivity (Wildman–Crippen MR) is 83.8 cm³/mol. The van der Waals surface area contributed by atoms with E-state index in [1.165, 1.54) is 0 Å². The van der Waals surface area contributed by atoms with Crippen molar-refractivity contribution in [1.29, 1.82) is 0 Å². The number of rotatable bonds is 8. The van der Waals surface area contributed by atoms with Crippen LogP contribution in [0.15, 0.2) is 24.3 Å². The number of carbonyl (C=O) groups is 2. The van der Waals surface area contributed by atoms with Gasteiger partial charge in [0.2, 0.25) is 5.91 Å². The summed E-state index contributed by atoms with van der Waals surface area (Å²) in [5, 5.41) is 14.0. The Morgan fingerprint density at radius 3 is 2.36 bits per heavy atom. The van der Waals surface area contributed by atoms with Gasteiger partial charge < -0.3 is 20.5 Å². The molecule has 0 saturated heterocycles. The lowest BCUT2D eigenvalue weighted by Crippen LogP contribution is -2.50. The highest BCUT2D eigenvalue weighted by atomic mass is 16.5. The number of carbonyl (C=O) groups excluding carboxylic acids is 2. The number of nitrogens with one attached hydrogen (secondary N) is 2. The van der Waals surface area contributed by atoms with E-state index in [-0.39, 0.29) is 30.9 Å². The molecular weight excluding hydrogens is 284 g/mol. The van der Waals surface area contributed by atoms with Gasteiger partial charge in [0.25, 0.3) is 5.91 Å². The topological polar surface area (TPSA) is 87.7 Å². The van der Waals surface area contributed by atoms with Crippen molar-refractivity contribution in [2.24, 2.45) is 5.92 Å². The summed E-state index contributed by atoms with van der Waals surface area (Å²) in [7, 11) is 0. The SMILES string of the molecule is CCOc1ccc(C(=O)NC(C(=O)NCCO)C(C)C)cc1. The molecule has 6 heteroatoms. The van der Waals surface area contributed by atoms with Gasteiger partial charge in [0.1, 0.15) is 11.8 Å². The fourth-order valence-corrected chi connectivity index (χ4v) is 1.92. The first kappa shape index (κ1) is 18.0. The van der Waals surface area contributed by atoms with Crippen molar-refractivity contribution in [3.8, 4) is 5.75 Å². The minimum Gasteiger partial charge on any atom is -0.494 e. The molecule has 1 aromatic rings. The van der Waals surface area contributed by atoms with Crippen LogP contribution < -0.4 is 15.4 Å². The van der Waals surface area contributed by atoms with Crippen LogP contribution in [0.5, 0.6) is 5.75 Å². The number of aliphatic hydroxyl groups is 1. The third-order valence-electron chi connectivity index (χ3n) is 3.07. The number of aliphatic hydroxyl groups excluding tert-OH is 1. The average Bonchev–Trinajstić information content (AvgIpc) is 2.50. The normalized spacial score (nSPS) is 11.9. The molecule has 1 unspecified atom stereocenters. The van der Waals surface area contributed by atoms with Gasteiger partial charge in [-0.2, -0.15) is 0 Å². The molecule has 0 radical (unpaired) electrons. The summed E-state index contributed by atoms with van der Waals surface area (Å²) in [6, 6.07) is 6.10. The van der Waals surface area contributed by atoms with Crippen molar-refractivity contribution in [2.45, 2.75) is 26.8 Å². The summed E-state index contributed by atoms with van der Waals surface area (Å²) >= 11 is 0. The third-order valence-corrected chi connectivity index (χ3v) is 3.07. The Kier molecular flexibility index (Phi) is 7.39. The number of amides is 2. The highest BCUT2D eigenvalue weighted by Crippen LogP contribution is 2.12. The van der Waals surface area contributed by atoms with Crippen molar-refractivity contribution < 1.29 is 19.4 Å². The average molecular weight is 308 g/mol. The van der Waals surface area contributed by atoms with Crippen LogP contribution in [0.2, 0.25) is 0 Å². The zero-order chi connectivity index (χ0) is 16.5. The van der Waals surface area contributed by atoms with Gasteiger partial charge in [-0.05, 0) is 37.1 Å². The van der Waals surface area contributed by atoms with Crippen molar-refractivity contribution in [3.05, 3.63) is 29.8 Å². The van der Waals surface area contributed by atoms with E-state index in [2.05, 4.69) is 10.6 Å². The summed E-state index contributed by atoms with van der Waals surface area (Å²) in [5.74, 6) is 0.00900. The van der Waals surface area contributed by atoms with Gasteiger partial charge in [0.05, 0.1) is 13.2 Å². The molecule has 1 atom stereocenters. The van der Waals surface area contributed by atoms with Crippen molar-refractivity contribution >= 4 is 11.8 Å². The Morgan fingerprint density at radius 2 is 1.86 bits per heavy atom. The van der Waals surface area contributed by atoms with Crippen LogP contribution in [0.3, 0.4) is 0 Å². The molecule has 0 aliphatic rings. The van der Waals surface area contributed by atoms with Gasteiger partial charge in [0, 0.05) is 12.1 Å². The first-order valence-electron chi connectivity index (χ1n) is 7.41. The lowest BCUT2D eigenvalue weighted by molar-refractivity contribution is -0.124. The molecule has 0 heterocycles. The minimum absolute atomic E-state index is 0.0645. The molecule has 22 heavy (non-hydrogen) atoms. The van der Waals surface area contributed by atoms with Crippen LogP contribution in [0.25, 0.3) is 0 Å². The fourth-order valence-electron chi connectivity index (χ4n) is 1.92. The van der Waals surface area contributed by atoms with Gasteiger partial charge in [-0.25, -0.2) is 0 Å². The Labute approximate surface area is 130 Å². The van der Waals surface area contributed by atoms with Crippen molar-refractivity contribution in [3.63, 3.8) is 0 Å². The second-order valence-electron chi connectivity index (χ2n) is 5.17. The van der Waals surface area contributed by atoms with E-state index in [0.717, 1.165) is 0 Å². The number of hydrogen-bond donors (Lipinski definition) is 3. The first-order valence-corrected chi connectivity index (χ1v) is 7.41. The van der Waals surface area contributed by atoms with Gasteiger partial charge >= 0.3 is 0 Å². The molecule has 0 aliphatic heterocycles. The number of benzene rings is 1. The monoisotopic (exact) mass is 308 g/mol. The molecule has 6 nitrogen and oxygen atoms in total. The lowest BCUT2D eigenvalue weighted by atomic mass is 10.0. The van der Waals surface area contributed by atoms with Crippen LogP contribution >= 0.6 is 0 Å². The molecule has 122 valence electrons. The van der Waals surface area contributed by atoms with Gasteiger partial charge in [-0.15, -0.1) is 0 Å². The molecule has 0 spiro atoms. The van der Waals surface area contributed by atoms with Crippen molar-refractivity contribution in [1.82, 2.24) is 10.6 Å². The summed E-state index contributed by atoms with van der Waals surface area (Å²) in [6.07, 6.45) is 0. The second kappa shape index (κ2) is 9.04. The summed E-state index contributed by atoms with van der Waals surface area (Å²) < 4.78 is 5.32. The quantitative estimate of drug-likeness (QED) is 0.667. The molecule has 0 bridgehead atoms. The van der Waals surface area contributed by atoms with E-state index in [4.69, 9.17) is 9.84 Å². The Morgan fingerprint density at radius 1 is 1.23 bits per heavy atom. The van der Waals surface area contributed by atoms with Crippen LogP contribution in [-0.2, 0) is 4.79 Å². The third kappa shape index (κ3) is 5.37. The molecule has 1 rings (SSSR count). The molecular formula is C16H24N2O4. The Balaban J connectivity index is 2.72. The first-order chi connectivity index (χ1) is 10.5. The van der Waals surface area contributed by atoms with E-state index in [0.29, 0.717) is 17.9 Å². The zero-order valence-corrected chi connectivity index (χ0v) is 13.3. The Hall–Kier alpha value is -2.08. The highest BCUT2D eigenvalue weighted by Gasteiger charge is 2.24. The molecule has 0 aromatic heterocycles. The standard InChI is InChI=1S/C16H24N2O4/c1-4-22-13-7-5-12(6-8-13)15(20)18-14(11(2)3)16(21)17-9-10-19/h5-8,11,14,19H,4,9-10H2,1-3H3,(H,17,21)(H,18,20). The van der Waals surface area contributed by atoms with E-state index in [9.17, 15) is 9.59 Å². The van der Waals surface area contributed by atoms with Crippen LogP contribution in [-0.4, -0.2) is 42.7 Å². The van der Waals surface area contributed by atoms with E-state index < -0.39 is 6.04 Å². The van der Waals surface area contributed by atoms with Gasteiger partial charge in [-0.1, -0.05) is 13.8 Å². The second-order valence-corrected chi connectivity index (χ2v) is 5.17. The number of hydrogen-bond acceptors (Lipinski definition) is 4. The number of ether oxygens (including phenoxy) is 1. The molecule has 2 amide bonds. The van der Waals surface area contributed by atoms with Crippen LogP contribution in [0, 0.1) is 5.92 Å². The van der Waals surface area contributed by atoms with Gasteiger partial charge in [0.15, 0.2) is 0 Å². The van der Waals surface area contributed by atoms with E-state index in [1.54, 1.807) is 24.3 Å². The van der Waals surface area contributed by atoms with E-state index in [1.807, 2.05) is 20.8 Å². The molecule has 0 saturated carbocycles. The van der Waals surface area contributed by atoms with E-state index >= 15 is 0 Å². The molecule has 1 aromatic carbocycles. The summed E-state index contributed by atoms with van der Waals surface area (Å²) in [6.45, 7) is 6.18. The van der Waals surface area contributed by atoms with Crippen LogP contribution in [0.1, 0.15) is 31.1 Å². The maximum absolute atomic E-state index is 12.2. The maximum atomic E-state index is 12.2. The molecule has 0 aliphatic carbocycles. The maximum Gasteiger partial charge on any atom is 0.251 e. The summed E-state index contributed by atoms with van der Waals surface area (Å²) in [5.41, 5.74) is 0.462. The molecule has 3 N–H and O–H groups in total. The van der Waals surface area contributed by atoms with Crippen molar-refractivity contribution in [2.75, 3.05) is 19.8 Å². The fraction of sp³-hybridized carbons (Fsp3) is 0.500. The van der Waals surface area contributed by atoms with Gasteiger partial charge in [-0.3, -0.25) is 9.59 Å². The predicted octanol–water partition coefficient (Wildman–Crippen LogP) is 0.948. The lowest BCUT2D eigenvalue weighted by Gasteiger charge is -2.21. The highest BCUT2D eigenvalue weighted by molar-refractivity contribution is 5.97.